The maximum Gasteiger partial charge on any atom is 0.226 e. The third-order valence-electron chi connectivity index (χ3n) is 2.53. The zero-order chi connectivity index (χ0) is 11.4. The number of aromatic nitrogens is 1. The van der Waals surface area contributed by atoms with E-state index in [0.29, 0.717) is 13.0 Å². The minimum Gasteiger partial charge on any atom is -0.376 e. The number of hydrogen-bond donors (Lipinski definition) is 1. The summed E-state index contributed by atoms with van der Waals surface area (Å²) < 4.78 is 5.43. The van der Waals surface area contributed by atoms with Crippen LogP contribution in [0, 0.1) is 6.92 Å². The maximum absolute atomic E-state index is 11.6. The van der Waals surface area contributed by atoms with E-state index in [4.69, 9.17) is 4.74 Å². The van der Waals surface area contributed by atoms with E-state index in [-0.39, 0.29) is 12.0 Å². The summed E-state index contributed by atoms with van der Waals surface area (Å²) in [4.78, 5) is 15.8. The van der Waals surface area contributed by atoms with Crippen molar-refractivity contribution in [3.05, 3.63) is 16.1 Å². The van der Waals surface area contributed by atoms with E-state index in [2.05, 4.69) is 10.3 Å². The van der Waals surface area contributed by atoms with E-state index in [9.17, 15) is 4.79 Å². The fraction of sp³-hybridized carbons (Fsp3) is 0.636. The van der Waals surface area contributed by atoms with Crippen molar-refractivity contribution in [1.82, 2.24) is 10.3 Å². The summed E-state index contributed by atoms with van der Waals surface area (Å²) in [6, 6.07) is 0. The Labute approximate surface area is 99.0 Å². The summed E-state index contributed by atoms with van der Waals surface area (Å²) in [6.07, 6.45) is 2.75. The first-order chi connectivity index (χ1) is 7.74. The summed E-state index contributed by atoms with van der Waals surface area (Å²) in [6.45, 7) is 3.39. The van der Waals surface area contributed by atoms with Gasteiger partial charge in [0.1, 0.15) is 5.01 Å². The normalized spacial score (nSPS) is 19.9. The van der Waals surface area contributed by atoms with E-state index >= 15 is 0 Å². The average Bonchev–Trinajstić information content (AvgIpc) is 2.87. The van der Waals surface area contributed by atoms with E-state index < -0.39 is 0 Å². The molecule has 0 saturated carbocycles. The number of nitrogens with zero attached hydrogens (tertiary/aromatic N) is 1. The highest BCUT2D eigenvalue weighted by atomic mass is 32.1. The van der Waals surface area contributed by atoms with Gasteiger partial charge >= 0.3 is 0 Å². The Morgan fingerprint density at radius 2 is 2.62 bits per heavy atom. The highest BCUT2D eigenvalue weighted by Crippen LogP contribution is 2.11. The van der Waals surface area contributed by atoms with Crippen molar-refractivity contribution < 1.29 is 9.53 Å². The largest absolute Gasteiger partial charge is 0.376 e. The number of amides is 1. The van der Waals surface area contributed by atoms with Crippen molar-refractivity contribution in [2.75, 3.05) is 13.2 Å². The van der Waals surface area contributed by atoms with E-state index in [1.807, 2.05) is 12.3 Å². The summed E-state index contributed by atoms with van der Waals surface area (Å²) in [5.74, 6) is 0.0323. The van der Waals surface area contributed by atoms with Gasteiger partial charge in [0.2, 0.25) is 5.91 Å². The first-order valence-corrected chi connectivity index (χ1v) is 6.41. The van der Waals surface area contributed by atoms with Gasteiger partial charge in [-0.15, -0.1) is 11.3 Å². The molecule has 1 aliphatic rings. The zero-order valence-electron chi connectivity index (χ0n) is 9.36. The molecule has 1 atom stereocenters. The van der Waals surface area contributed by atoms with Crippen molar-refractivity contribution in [3.8, 4) is 0 Å². The molecule has 4 nitrogen and oxygen atoms in total. The van der Waals surface area contributed by atoms with Gasteiger partial charge in [-0.25, -0.2) is 4.98 Å². The van der Waals surface area contributed by atoms with E-state index in [0.717, 1.165) is 30.2 Å². The third-order valence-corrected chi connectivity index (χ3v) is 3.50. The molecule has 2 rings (SSSR count). The number of hydrogen-bond acceptors (Lipinski definition) is 4. The molecule has 1 amide bonds. The maximum atomic E-state index is 11.6. The Bertz CT molecular complexity index is 359. The molecule has 1 aliphatic heterocycles. The Hall–Kier alpha value is -0.940. The predicted molar refractivity (Wildman–Crippen MR) is 62.5 cm³/mol. The molecule has 0 aliphatic carbocycles. The lowest BCUT2D eigenvalue weighted by molar-refractivity contribution is -0.120. The number of ether oxygens (including phenoxy) is 1. The highest BCUT2D eigenvalue weighted by Gasteiger charge is 2.16. The molecule has 2 heterocycles. The van der Waals surface area contributed by atoms with Gasteiger partial charge in [0.25, 0.3) is 0 Å². The molecule has 1 N–H and O–H groups in total. The molecule has 16 heavy (non-hydrogen) atoms. The van der Waals surface area contributed by atoms with Crippen LogP contribution in [0.15, 0.2) is 5.38 Å². The Balaban J connectivity index is 1.71. The first-order valence-electron chi connectivity index (χ1n) is 5.53. The number of nitrogens with one attached hydrogen (secondary N) is 1. The van der Waals surface area contributed by atoms with Gasteiger partial charge in [0.15, 0.2) is 0 Å². The van der Waals surface area contributed by atoms with Crippen molar-refractivity contribution in [1.29, 1.82) is 0 Å². The van der Waals surface area contributed by atoms with Gasteiger partial charge in [-0.1, -0.05) is 0 Å². The van der Waals surface area contributed by atoms with Crippen LogP contribution in [0.25, 0.3) is 0 Å². The topological polar surface area (TPSA) is 51.2 Å². The van der Waals surface area contributed by atoms with E-state index in [1.54, 1.807) is 0 Å². The van der Waals surface area contributed by atoms with Crippen LogP contribution in [-0.2, 0) is 16.0 Å². The SMILES string of the molecule is Cc1csc(CC(=O)NCC2CCCO2)n1. The lowest BCUT2D eigenvalue weighted by atomic mass is 10.2. The minimum absolute atomic E-state index is 0.0323. The Kier molecular flexibility index (Phi) is 3.90. The van der Waals surface area contributed by atoms with Crippen LogP contribution in [0.3, 0.4) is 0 Å². The average molecular weight is 240 g/mol. The predicted octanol–water partition coefficient (Wildman–Crippen LogP) is 1.29. The molecule has 88 valence electrons. The molecular weight excluding hydrogens is 224 g/mol. The van der Waals surface area contributed by atoms with Gasteiger partial charge in [0, 0.05) is 24.2 Å². The third kappa shape index (κ3) is 3.28. The van der Waals surface area contributed by atoms with Gasteiger partial charge in [0.05, 0.1) is 12.5 Å². The summed E-state index contributed by atoms with van der Waals surface area (Å²) in [5, 5.41) is 5.72. The second-order valence-corrected chi connectivity index (χ2v) is 4.94. The van der Waals surface area contributed by atoms with Crippen molar-refractivity contribution in [2.45, 2.75) is 32.3 Å². The molecule has 1 saturated heterocycles. The van der Waals surface area contributed by atoms with Crippen LogP contribution in [0.2, 0.25) is 0 Å². The van der Waals surface area contributed by atoms with Crippen LogP contribution in [0.5, 0.6) is 0 Å². The lowest BCUT2D eigenvalue weighted by Crippen LogP contribution is -2.32. The molecule has 0 bridgehead atoms. The quantitative estimate of drug-likeness (QED) is 0.862. The van der Waals surface area contributed by atoms with Crippen LogP contribution in [0.4, 0.5) is 0 Å². The summed E-state index contributed by atoms with van der Waals surface area (Å²) >= 11 is 1.53. The van der Waals surface area contributed by atoms with E-state index in [1.165, 1.54) is 11.3 Å². The second kappa shape index (κ2) is 5.41. The van der Waals surface area contributed by atoms with Crippen LogP contribution >= 0.6 is 11.3 Å². The van der Waals surface area contributed by atoms with Gasteiger partial charge in [-0.3, -0.25) is 4.79 Å². The standard InChI is InChI=1S/C11H16N2O2S/c1-8-7-16-11(13-8)5-10(14)12-6-9-3-2-4-15-9/h7,9H,2-6H2,1H3,(H,12,14). The second-order valence-electron chi connectivity index (χ2n) is 4.00. The molecule has 5 heteroatoms. The molecule has 1 aromatic rings. The Morgan fingerprint density at radius 3 is 3.25 bits per heavy atom. The monoisotopic (exact) mass is 240 g/mol. The fourth-order valence-corrected chi connectivity index (χ4v) is 2.49. The van der Waals surface area contributed by atoms with Crippen molar-refractivity contribution in [3.63, 3.8) is 0 Å². The van der Waals surface area contributed by atoms with Gasteiger partial charge in [-0.05, 0) is 19.8 Å². The van der Waals surface area contributed by atoms with Gasteiger partial charge in [-0.2, -0.15) is 0 Å². The van der Waals surface area contributed by atoms with Gasteiger partial charge < -0.3 is 10.1 Å². The van der Waals surface area contributed by atoms with Crippen LogP contribution in [-0.4, -0.2) is 30.1 Å². The lowest BCUT2D eigenvalue weighted by Gasteiger charge is -2.09. The molecule has 1 aromatic heterocycles. The first kappa shape index (κ1) is 11.5. The summed E-state index contributed by atoms with van der Waals surface area (Å²) in [7, 11) is 0. The highest BCUT2D eigenvalue weighted by molar-refractivity contribution is 7.09. The molecule has 0 radical (unpaired) electrons. The fourth-order valence-electron chi connectivity index (χ4n) is 1.72. The number of aryl methyl sites for hydroxylation is 1. The molecule has 1 unspecified atom stereocenters. The number of rotatable bonds is 4. The Morgan fingerprint density at radius 1 is 1.75 bits per heavy atom. The molecule has 0 spiro atoms. The van der Waals surface area contributed by atoms with Crippen molar-refractivity contribution >= 4 is 17.2 Å². The van der Waals surface area contributed by atoms with Crippen LogP contribution in [0.1, 0.15) is 23.5 Å². The van der Waals surface area contributed by atoms with Crippen molar-refractivity contribution in [2.24, 2.45) is 0 Å². The number of thiazole rings is 1. The molecule has 0 aromatic carbocycles. The van der Waals surface area contributed by atoms with Crippen LogP contribution < -0.4 is 5.32 Å². The number of carbonyl (C=O) groups excluding carboxylic acids is 1. The minimum atomic E-state index is 0.0323. The number of carbonyl (C=O) groups is 1. The zero-order valence-corrected chi connectivity index (χ0v) is 10.2. The molecular formula is C11H16N2O2S. The smallest absolute Gasteiger partial charge is 0.226 e. The summed E-state index contributed by atoms with van der Waals surface area (Å²) in [5.41, 5.74) is 0.979. The molecule has 1 fully saturated rings.